The average Bonchev–Trinajstić information content (AvgIpc) is 3.62. The Kier molecular flexibility index (Phi) is 6.43. The normalized spacial score (nSPS) is 17.1. The number of ether oxygens (including phenoxy) is 1. The van der Waals surface area contributed by atoms with Crippen molar-refractivity contribution in [1.29, 1.82) is 0 Å². The Morgan fingerprint density at radius 3 is 2.38 bits per heavy atom. The molecule has 0 aromatic heterocycles. The SMILES string of the molecule is O=C(COC(=O)c1cccc(S(=O)(=O)N2CCN(c3ccc(F)cc3)CC2)c1)NC1CC1. The van der Waals surface area contributed by atoms with Crippen molar-refractivity contribution in [2.75, 3.05) is 37.7 Å². The van der Waals surface area contributed by atoms with Crippen molar-refractivity contribution in [2.24, 2.45) is 0 Å². The highest BCUT2D eigenvalue weighted by atomic mass is 32.2. The maximum absolute atomic E-state index is 13.1. The van der Waals surface area contributed by atoms with Gasteiger partial charge in [-0.05, 0) is 55.3 Å². The number of sulfonamides is 1. The third kappa shape index (κ3) is 5.25. The first-order chi connectivity index (χ1) is 15.3. The van der Waals surface area contributed by atoms with Gasteiger partial charge in [0.15, 0.2) is 6.61 Å². The van der Waals surface area contributed by atoms with Crippen molar-refractivity contribution in [1.82, 2.24) is 9.62 Å². The van der Waals surface area contributed by atoms with Crippen LogP contribution in [0.15, 0.2) is 53.4 Å². The molecule has 0 atom stereocenters. The predicted octanol–water partition coefficient (Wildman–Crippen LogP) is 1.77. The van der Waals surface area contributed by atoms with Crippen LogP contribution >= 0.6 is 0 Å². The van der Waals surface area contributed by atoms with E-state index in [0.717, 1.165) is 18.5 Å². The van der Waals surface area contributed by atoms with Crippen molar-refractivity contribution in [3.05, 3.63) is 59.9 Å². The number of nitrogens with one attached hydrogen (secondary N) is 1. The van der Waals surface area contributed by atoms with E-state index < -0.39 is 22.6 Å². The lowest BCUT2D eigenvalue weighted by Gasteiger charge is -2.35. The van der Waals surface area contributed by atoms with E-state index in [1.807, 2.05) is 4.90 Å². The molecule has 2 aliphatic rings. The maximum Gasteiger partial charge on any atom is 0.338 e. The Morgan fingerprint density at radius 2 is 1.72 bits per heavy atom. The van der Waals surface area contributed by atoms with E-state index in [9.17, 15) is 22.4 Å². The summed E-state index contributed by atoms with van der Waals surface area (Å²) in [5.74, 6) is -1.45. The number of piperazine rings is 1. The summed E-state index contributed by atoms with van der Waals surface area (Å²) in [7, 11) is -3.81. The quantitative estimate of drug-likeness (QED) is 0.632. The summed E-state index contributed by atoms with van der Waals surface area (Å²) in [5, 5.41) is 2.72. The lowest BCUT2D eigenvalue weighted by Crippen LogP contribution is -2.48. The van der Waals surface area contributed by atoms with Gasteiger partial charge in [-0.1, -0.05) is 6.07 Å². The van der Waals surface area contributed by atoms with E-state index in [1.54, 1.807) is 12.1 Å². The number of amides is 1. The van der Waals surface area contributed by atoms with E-state index in [0.29, 0.717) is 13.1 Å². The van der Waals surface area contributed by atoms with Gasteiger partial charge in [0.25, 0.3) is 5.91 Å². The Bertz CT molecular complexity index is 1090. The Hall–Kier alpha value is -2.98. The lowest BCUT2D eigenvalue weighted by molar-refractivity contribution is -0.124. The van der Waals surface area contributed by atoms with Crippen LogP contribution in [0.25, 0.3) is 0 Å². The number of hydrogen-bond acceptors (Lipinski definition) is 6. The van der Waals surface area contributed by atoms with Crippen LogP contribution in [0.1, 0.15) is 23.2 Å². The van der Waals surface area contributed by atoms with Crippen molar-refractivity contribution in [2.45, 2.75) is 23.8 Å². The summed E-state index contributed by atoms with van der Waals surface area (Å²) in [6, 6.07) is 11.9. The molecule has 32 heavy (non-hydrogen) atoms. The molecular weight excluding hydrogens is 437 g/mol. The molecule has 0 bridgehead atoms. The van der Waals surface area contributed by atoms with Crippen LogP contribution in [0.5, 0.6) is 0 Å². The average molecular weight is 462 g/mol. The predicted molar refractivity (Wildman–Crippen MR) is 115 cm³/mol. The molecule has 0 radical (unpaired) electrons. The number of halogens is 1. The zero-order valence-electron chi connectivity index (χ0n) is 17.4. The van der Waals surface area contributed by atoms with Crippen LogP contribution in [-0.4, -0.2) is 63.4 Å². The second-order valence-corrected chi connectivity index (χ2v) is 9.75. The minimum atomic E-state index is -3.81. The largest absolute Gasteiger partial charge is 0.452 e. The van der Waals surface area contributed by atoms with Crippen LogP contribution in [0.2, 0.25) is 0 Å². The summed E-state index contributed by atoms with van der Waals surface area (Å²) < 4.78 is 45.7. The second-order valence-electron chi connectivity index (χ2n) is 7.81. The third-order valence-corrected chi connectivity index (χ3v) is 7.31. The molecule has 0 unspecified atom stereocenters. The van der Waals surface area contributed by atoms with Crippen LogP contribution in [0, 0.1) is 5.82 Å². The number of hydrogen-bond donors (Lipinski definition) is 1. The van der Waals surface area contributed by atoms with Crippen molar-refractivity contribution in [3.8, 4) is 0 Å². The number of carbonyl (C=O) groups is 2. The van der Waals surface area contributed by atoms with Crippen LogP contribution in [0.3, 0.4) is 0 Å². The van der Waals surface area contributed by atoms with E-state index in [2.05, 4.69) is 5.32 Å². The molecule has 1 saturated carbocycles. The molecule has 10 heteroatoms. The highest BCUT2D eigenvalue weighted by Crippen LogP contribution is 2.22. The minimum Gasteiger partial charge on any atom is -0.452 e. The van der Waals surface area contributed by atoms with Crippen molar-refractivity contribution < 1.29 is 27.1 Å². The molecule has 2 fully saturated rings. The number of rotatable bonds is 7. The molecule has 1 heterocycles. The van der Waals surface area contributed by atoms with Gasteiger partial charge in [0.1, 0.15) is 5.82 Å². The Labute approximate surface area is 186 Å². The molecule has 2 aromatic carbocycles. The fourth-order valence-corrected chi connectivity index (χ4v) is 4.95. The van der Waals surface area contributed by atoms with E-state index in [1.165, 1.54) is 40.7 Å². The van der Waals surface area contributed by atoms with E-state index >= 15 is 0 Å². The van der Waals surface area contributed by atoms with Gasteiger partial charge in [-0.25, -0.2) is 17.6 Å². The van der Waals surface area contributed by atoms with E-state index in [-0.39, 0.29) is 41.3 Å². The van der Waals surface area contributed by atoms with Crippen molar-refractivity contribution in [3.63, 3.8) is 0 Å². The zero-order valence-corrected chi connectivity index (χ0v) is 18.2. The first-order valence-electron chi connectivity index (χ1n) is 10.4. The van der Waals surface area contributed by atoms with Gasteiger partial charge in [-0.15, -0.1) is 0 Å². The number of esters is 1. The van der Waals surface area contributed by atoms with Gasteiger partial charge in [-0.2, -0.15) is 4.31 Å². The lowest BCUT2D eigenvalue weighted by atomic mass is 10.2. The van der Waals surface area contributed by atoms with Crippen molar-refractivity contribution >= 4 is 27.6 Å². The highest BCUT2D eigenvalue weighted by Gasteiger charge is 2.29. The Morgan fingerprint density at radius 1 is 1.03 bits per heavy atom. The topological polar surface area (TPSA) is 96.0 Å². The third-order valence-electron chi connectivity index (χ3n) is 5.41. The molecule has 1 amide bonds. The number of anilines is 1. The fraction of sp³-hybridized carbons (Fsp3) is 0.364. The summed E-state index contributed by atoms with van der Waals surface area (Å²) in [4.78, 5) is 26.0. The monoisotopic (exact) mass is 461 g/mol. The van der Waals surface area contributed by atoms with Gasteiger partial charge in [-0.3, -0.25) is 4.79 Å². The summed E-state index contributed by atoms with van der Waals surface area (Å²) in [6.45, 7) is 1.04. The molecule has 170 valence electrons. The smallest absolute Gasteiger partial charge is 0.338 e. The molecule has 8 nitrogen and oxygen atoms in total. The molecule has 1 aliphatic carbocycles. The molecule has 1 N–H and O–H groups in total. The molecule has 1 saturated heterocycles. The first-order valence-corrected chi connectivity index (χ1v) is 11.8. The van der Waals surface area contributed by atoms with Gasteiger partial charge >= 0.3 is 5.97 Å². The molecule has 4 rings (SSSR count). The minimum absolute atomic E-state index is 0.00962. The highest BCUT2D eigenvalue weighted by molar-refractivity contribution is 7.89. The summed E-state index contributed by atoms with van der Waals surface area (Å²) in [6.07, 6.45) is 1.86. The Balaban J connectivity index is 1.37. The first kappa shape index (κ1) is 22.2. The molecule has 0 spiro atoms. The van der Waals surface area contributed by atoms with E-state index in [4.69, 9.17) is 4.74 Å². The van der Waals surface area contributed by atoms with Crippen LogP contribution in [0.4, 0.5) is 10.1 Å². The second kappa shape index (κ2) is 9.25. The van der Waals surface area contributed by atoms with Crippen LogP contribution < -0.4 is 10.2 Å². The van der Waals surface area contributed by atoms with Gasteiger partial charge < -0.3 is 15.0 Å². The summed E-state index contributed by atoms with van der Waals surface area (Å²) >= 11 is 0. The molecule has 2 aromatic rings. The molecule has 1 aliphatic heterocycles. The summed E-state index contributed by atoms with van der Waals surface area (Å²) in [5.41, 5.74) is 0.897. The van der Waals surface area contributed by atoms with Gasteiger partial charge in [0, 0.05) is 37.9 Å². The van der Waals surface area contributed by atoms with Gasteiger partial charge in [0.2, 0.25) is 10.0 Å². The van der Waals surface area contributed by atoms with Gasteiger partial charge in [0.05, 0.1) is 10.5 Å². The fourth-order valence-electron chi connectivity index (χ4n) is 3.48. The number of nitrogens with zero attached hydrogens (tertiary/aromatic N) is 2. The number of carbonyl (C=O) groups excluding carboxylic acids is 2. The zero-order chi connectivity index (χ0) is 22.7. The molecular formula is C22H24FN3O5S. The standard InChI is InChI=1S/C22H24FN3O5S/c23-17-4-8-19(9-5-17)25-10-12-26(13-11-25)32(29,30)20-3-1-2-16(14-20)22(28)31-15-21(27)24-18-6-7-18/h1-5,8-9,14,18H,6-7,10-13,15H2,(H,24,27). The maximum atomic E-state index is 13.1. The number of benzene rings is 2. The van der Waals surface area contributed by atoms with Crippen LogP contribution in [-0.2, 0) is 19.6 Å².